The van der Waals surface area contributed by atoms with Gasteiger partial charge in [-0.15, -0.1) is 0 Å². The molecule has 0 radical (unpaired) electrons. The average molecular weight is 208 g/mol. The summed E-state index contributed by atoms with van der Waals surface area (Å²) in [6, 6.07) is 2.23. The first-order chi connectivity index (χ1) is 6.97. The van der Waals surface area contributed by atoms with Crippen molar-refractivity contribution in [3.05, 3.63) is 0 Å². The van der Waals surface area contributed by atoms with E-state index in [1.165, 1.54) is 19.3 Å². The van der Waals surface area contributed by atoms with Gasteiger partial charge in [0.15, 0.2) is 0 Å². The van der Waals surface area contributed by atoms with Crippen LogP contribution in [0.4, 0.5) is 0 Å². The van der Waals surface area contributed by atoms with Crippen LogP contribution in [0.2, 0.25) is 0 Å². The summed E-state index contributed by atoms with van der Waals surface area (Å²) < 4.78 is 0. The maximum absolute atomic E-state index is 8.56. The van der Waals surface area contributed by atoms with Crippen molar-refractivity contribution in [2.24, 2.45) is 10.8 Å². The summed E-state index contributed by atoms with van der Waals surface area (Å²) >= 11 is 0. The molecule has 86 valence electrons. The number of nitrogens with one attached hydrogen (secondary N) is 1. The quantitative estimate of drug-likeness (QED) is 0.728. The maximum atomic E-state index is 8.56. The molecule has 1 aliphatic rings. The monoisotopic (exact) mass is 208 g/mol. The van der Waals surface area contributed by atoms with Gasteiger partial charge in [0.25, 0.3) is 0 Å². The van der Waals surface area contributed by atoms with Crippen molar-refractivity contribution in [1.82, 2.24) is 5.32 Å². The molecular weight excluding hydrogens is 184 g/mol. The molecule has 1 fully saturated rings. The van der Waals surface area contributed by atoms with Crippen LogP contribution in [0.15, 0.2) is 0 Å². The molecule has 1 saturated carbocycles. The zero-order valence-electron chi connectivity index (χ0n) is 10.4. The topological polar surface area (TPSA) is 35.8 Å². The van der Waals surface area contributed by atoms with Gasteiger partial charge in [0, 0.05) is 19.5 Å². The van der Waals surface area contributed by atoms with Gasteiger partial charge in [0.05, 0.1) is 6.07 Å². The second kappa shape index (κ2) is 4.99. The smallest absolute Gasteiger partial charge is 0.0621 e. The Bertz CT molecular complexity index is 233. The molecule has 1 aliphatic carbocycles. The van der Waals surface area contributed by atoms with Crippen LogP contribution < -0.4 is 5.32 Å². The predicted octanol–water partition coefficient (Wildman–Crippen LogP) is 3.10. The lowest BCUT2D eigenvalue weighted by molar-refractivity contribution is 0.148. The second-order valence-corrected chi connectivity index (χ2v) is 6.09. The summed E-state index contributed by atoms with van der Waals surface area (Å²) in [6.45, 7) is 9.01. The molecule has 0 aromatic rings. The second-order valence-electron chi connectivity index (χ2n) is 6.09. The molecular formula is C13H24N2. The van der Waals surface area contributed by atoms with Crippen molar-refractivity contribution in [3.8, 4) is 6.07 Å². The summed E-state index contributed by atoms with van der Waals surface area (Å²) in [5, 5.41) is 12.1. The molecule has 0 atom stereocenters. The molecule has 1 rings (SSSR count). The van der Waals surface area contributed by atoms with Gasteiger partial charge in [0.1, 0.15) is 0 Å². The molecule has 15 heavy (non-hydrogen) atoms. The highest BCUT2D eigenvalue weighted by atomic mass is 14.9. The number of hydrogen-bond acceptors (Lipinski definition) is 2. The first kappa shape index (κ1) is 12.5. The highest BCUT2D eigenvalue weighted by molar-refractivity contribution is 4.86. The highest BCUT2D eigenvalue weighted by Gasteiger charge is 2.31. The molecule has 0 heterocycles. The SMILES string of the molecule is CC(C)(CCC#N)CNCC1(C)CCC1. The van der Waals surface area contributed by atoms with Crippen molar-refractivity contribution in [3.63, 3.8) is 0 Å². The predicted molar refractivity (Wildman–Crippen MR) is 63.5 cm³/mol. The van der Waals surface area contributed by atoms with Crippen LogP contribution in [-0.4, -0.2) is 13.1 Å². The van der Waals surface area contributed by atoms with Gasteiger partial charge < -0.3 is 5.32 Å². The molecule has 0 unspecified atom stereocenters. The minimum atomic E-state index is 0.260. The fraction of sp³-hybridized carbons (Fsp3) is 0.923. The fourth-order valence-corrected chi connectivity index (χ4v) is 2.14. The standard InChI is InChI=1S/C13H24N2/c1-12(2,6-5-9-14)10-15-11-13(3)7-4-8-13/h15H,4-8,10-11H2,1-3H3. The minimum absolute atomic E-state index is 0.260. The average Bonchev–Trinajstić information content (AvgIpc) is 2.12. The van der Waals surface area contributed by atoms with Crippen LogP contribution in [0.1, 0.15) is 52.9 Å². The van der Waals surface area contributed by atoms with Crippen molar-refractivity contribution >= 4 is 0 Å². The number of hydrogen-bond donors (Lipinski definition) is 1. The van der Waals surface area contributed by atoms with Gasteiger partial charge in [-0.25, -0.2) is 0 Å². The van der Waals surface area contributed by atoms with Gasteiger partial charge in [-0.1, -0.05) is 27.2 Å². The fourth-order valence-electron chi connectivity index (χ4n) is 2.14. The van der Waals surface area contributed by atoms with Crippen LogP contribution in [0.3, 0.4) is 0 Å². The molecule has 0 bridgehead atoms. The summed E-state index contributed by atoms with van der Waals surface area (Å²) in [5.74, 6) is 0. The molecule has 2 nitrogen and oxygen atoms in total. The molecule has 1 N–H and O–H groups in total. The van der Waals surface area contributed by atoms with Crippen molar-refractivity contribution in [1.29, 1.82) is 5.26 Å². The molecule has 0 amide bonds. The van der Waals surface area contributed by atoms with Crippen molar-refractivity contribution in [2.45, 2.75) is 52.9 Å². The zero-order valence-corrected chi connectivity index (χ0v) is 10.4. The Morgan fingerprint density at radius 3 is 2.53 bits per heavy atom. The van der Waals surface area contributed by atoms with Gasteiger partial charge >= 0.3 is 0 Å². The van der Waals surface area contributed by atoms with Crippen LogP contribution in [-0.2, 0) is 0 Å². The first-order valence-electron chi connectivity index (χ1n) is 6.05. The Morgan fingerprint density at radius 1 is 1.40 bits per heavy atom. The molecule has 2 heteroatoms. The minimum Gasteiger partial charge on any atom is -0.316 e. The van der Waals surface area contributed by atoms with E-state index >= 15 is 0 Å². The Labute approximate surface area is 94.1 Å². The Kier molecular flexibility index (Phi) is 4.16. The van der Waals surface area contributed by atoms with E-state index < -0.39 is 0 Å². The Morgan fingerprint density at radius 2 is 2.07 bits per heavy atom. The first-order valence-corrected chi connectivity index (χ1v) is 6.05. The van der Waals surface area contributed by atoms with Crippen molar-refractivity contribution in [2.75, 3.05) is 13.1 Å². The summed E-state index contributed by atoms with van der Waals surface area (Å²) in [7, 11) is 0. The number of nitriles is 1. The zero-order chi connectivity index (χ0) is 11.4. The Balaban J connectivity index is 2.15. The van der Waals surface area contributed by atoms with Crippen LogP contribution in [0.5, 0.6) is 0 Å². The summed E-state index contributed by atoms with van der Waals surface area (Å²) in [6.07, 6.45) is 5.81. The van der Waals surface area contributed by atoms with Gasteiger partial charge in [-0.05, 0) is 30.1 Å². The van der Waals surface area contributed by atoms with Gasteiger partial charge in [-0.2, -0.15) is 5.26 Å². The summed E-state index contributed by atoms with van der Waals surface area (Å²) in [5.41, 5.74) is 0.821. The molecule has 0 aromatic heterocycles. The third kappa shape index (κ3) is 4.22. The maximum Gasteiger partial charge on any atom is 0.0621 e. The van der Waals surface area contributed by atoms with E-state index in [1.54, 1.807) is 0 Å². The lowest BCUT2D eigenvalue weighted by Gasteiger charge is -2.39. The molecule has 0 spiro atoms. The lowest BCUT2D eigenvalue weighted by Crippen LogP contribution is -2.40. The van der Waals surface area contributed by atoms with Gasteiger partial charge in [-0.3, -0.25) is 0 Å². The largest absolute Gasteiger partial charge is 0.316 e. The lowest BCUT2D eigenvalue weighted by atomic mass is 9.70. The van der Waals surface area contributed by atoms with Crippen LogP contribution in [0, 0.1) is 22.2 Å². The number of nitrogens with zero attached hydrogens (tertiary/aromatic N) is 1. The summed E-state index contributed by atoms with van der Waals surface area (Å²) in [4.78, 5) is 0. The van der Waals surface area contributed by atoms with E-state index in [9.17, 15) is 0 Å². The normalized spacial score (nSPS) is 19.3. The highest BCUT2D eigenvalue weighted by Crippen LogP contribution is 2.39. The van der Waals surface area contributed by atoms with E-state index in [0.29, 0.717) is 11.8 Å². The third-order valence-electron chi connectivity index (χ3n) is 3.63. The van der Waals surface area contributed by atoms with E-state index in [4.69, 9.17) is 5.26 Å². The van der Waals surface area contributed by atoms with Crippen molar-refractivity contribution < 1.29 is 0 Å². The Hall–Kier alpha value is -0.550. The third-order valence-corrected chi connectivity index (χ3v) is 3.63. The molecule has 0 aromatic carbocycles. The van der Waals surface area contributed by atoms with Crippen LogP contribution >= 0.6 is 0 Å². The number of rotatable bonds is 6. The van der Waals surface area contributed by atoms with Crippen LogP contribution in [0.25, 0.3) is 0 Å². The van der Waals surface area contributed by atoms with E-state index in [1.807, 2.05) is 0 Å². The molecule has 0 aliphatic heterocycles. The van der Waals surface area contributed by atoms with E-state index in [0.717, 1.165) is 19.5 Å². The van der Waals surface area contributed by atoms with E-state index in [2.05, 4.69) is 32.2 Å². The van der Waals surface area contributed by atoms with E-state index in [-0.39, 0.29) is 5.41 Å². The van der Waals surface area contributed by atoms with Gasteiger partial charge in [0.2, 0.25) is 0 Å². The molecule has 0 saturated heterocycles.